The fourth-order valence-electron chi connectivity index (χ4n) is 1.82. The van der Waals surface area contributed by atoms with Gasteiger partial charge in [-0.3, -0.25) is 0 Å². The van der Waals surface area contributed by atoms with Crippen LogP contribution in [0, 0.1) is 0 Å². The Hall–Kier alpha value is -1.36. The zero-order chi connectivity index (χ0) is 11.2. The molecule has 88 valence electrons. The molecule has 0 aromatic carbocycles. The molecule has 1 fully saturated rings. The predicted octanol–water partition coefficient (Wildman–Crippen LogP) is 1.04. The first-order chi connectivity index (χ1) is 7.88. The van der Waals surface area contributed by atoms with Crippen molar-refractivity contribution in [3.05, 3.63) is 12.4 Å². The van der Waals surface area contributed by atoms with E-state index in [0.29, 0.717) is 18.5 Å². The van der Waals surface area contributed by atoms with Crippen LogP contribution in [0.15, 0.2) is 12.4 Å². The van der Waals surface area contributed by atoms with Crippen LogP contribution < -0.4 is 15.4 Å². The number of ether oxygens (including phenoxy) is 1. The molecule has 2 heterocycles. The maximum absolute atomic E-state index is 5.31. The second kappa shape index (κ2) is 5.65. The van der Waals surface area contributed by atoms with Gasteiger partial charge >= 0.3 is 0 Å². The lowest BCUT2D eigenvalue weighted by Gasteiger charge is -2.12. The summed E-state index contributed by atoms with van der Waals surface area (Å²) in [5.74, 6) is 1.45. The van der Waals surface area contributed by atoms with E-state index in [4.69, 9.17) is 4.74 Å². The first-order valence-corrected chi connectivity index (χ1v) is 5.80. The number of nitrogens with zero attached hydrogens (tertiary/aromatic N) is 2. The largest absolute Gasteiger partial charge is 0.478 e. The molecule has 1 aromatic heterocycles. The van der Waals surface area contributed by atoms with Crippen LogP contribution >= 0.6 is 0 Å². The Kier molecular flexibility index (Phi) is 3.93. The third kappa shape index (κ3) is 3.06. The molecule has 1 unspecified atom stereocenters. The lowest BCUT2D eigenvalue weighted by Crippen LogP contribution is -2.29. The Morgan fingerprint density at radius 3 is 3.25 bits per heavy atom. The number of nitrogens with one attached hydrogen (secondary N) is 2. The number of aromatic nitrogens is 2. The molecule has 1 aromatic rings. The van der Waals surface area contributed by atoms with Crippen molar-refractivity contribution < 1.29 is 4.74 Å². The third-order valence-electron chi connectivity index (χ3n) is 2.63. The van der Waals surface area contributed by atoms with Crippen molar-refractivity contribution in [2.45, 2.75) is 25.8 Å². The summed E-state index contributed by atoms with van der Waals surface area (Å²) in [5, 5.41) is 6.72. The zero-order valence-corrected chi connectivity index (χ0v) is 9.57. The minimum atomic E-state index is 0.561. The quantitative estimate of drug-likeness (QED) is 0.779. The highest BCUT2D eigenvalue weighted by molar-refractivity contribution is 5.37. The summed E-state index contributed by atoms with van der Waals surface area (Å²) in [6.45, 7) is 4.60. The van der Waals surface area contributed by atoms with E-state index in [-0.39, 0.29) is 0 Å². The number of anilines is 1. The fourth-order valence-corrected chi connectivity index (χ4v) is 1.82. The molecule has 5 heteroatoms. The molecule has 0 amide bonds. The van der Waals surface area contributed by atoms with Crippen LogP contribution in [0.3, 0.4) is 0 Å². The van der Waals surface area contributed by atoms with Gasteiger partial charge in [0.05, 0.1) is 6.61 Å². The molecule has 0 spiro atoms. The number of hydrogen-bond donors (Lipinski definition) is 2. The topological polar surface area (TPSA) is 59.1 Å². The molecule has 1 aliphatic heterocycles. The van der Waals surface area contributed by atoms with Gasteiger partial charge in [-0.2, -0.15) is 0 Å². The minimum Gasteiger partial charge on any atom is -0.478 e. The van der Waals surface area contributed by atoms with Crippen molar-refractivity contribution in [2.75, 3.05) is 25.0 Å². The lowest BCUT2D eigenvalue weighted by molar-refractivity contribution is 0.326. The van der Waals surface area contributed by atoms with Crippen molar-refractivity contribution in [3.63, 3.8) is 0 Å². The van der Waals surface area contributed by atoms with Crippen molar-refractivity contribution in [3.8, 4) is 5.88 Å². The molecular formula is C11H18N4O. The molecule has 1 atom stereocenters. The van der Waals surface area contributed by atoms with Gasteiger partial charge < -0.3 is 15.4 Å². The summed E-state index contributed by atoms with van der Waals surface area (Å²) in [6.07, 6.45) is 4.02. The van der Waals surface area contributed by atoms with Gasteiger partial charge in [-0.15, -0.1) is 0 Å². The SMILES string of the molecule is CCOc1cc(NCC2CCCN2)ncn1. The number of rotatable bonds is 5. The van der Waals surface area contributed by atoms with Crippen LogP contribution in [0.25, 0.3) is 0 Å². The molecule has 0 radical (unpaired) electrons. The first-order valence-electron chi connectivity index (χ1n) is 5.80. The van der Waals surface area contributed by atoms with Crippen LogP contribution in [-0.4, -0.2) is 35.7 Å². The van der Waals surface area contributed by atoms with Crippen LogP contribution in [0.4, 0.5) is 5.82 Å². The summed E-state index contributed by atoms with van der Waals surface area (Å²) in [6, 6.07) is 2.39. The van der Waals surface area contributed by atoms with Crippen molar-refractivity contribution in [1.82, 2.24) is 15.3 Å². The van der Waals surface area contributed by atoms with E-state index in [1.165, 1.54) is 19.2 Å². The molecule has 1 aliphatic rings. The molecule has 2 rings (SSSR count). The Morgan fingerprint density at radius 2 is 2.50 bits per heavy atom. The molecule has 16 heavy (non-hydrogen) atoms. The van der Waals surface area contributed by atoms with Gasteiger partial charge in [0.2, 0.25) is 5.88 Å². The molecular weight excluding hydrogens is 204 g/mol. The molecule has 5 nitrogen and oxygen atoms in total. The summed E-state index contributed by atoms with van der Waals surface area (Å²) < 4.78 is 5.31. The monoisotopic (exact) mass is 222 g/mol. The maximum atomic E-state index is 5.31. The van der Waals surface area contributed by atoms with Crippen molar-refractivity contribution >= 4 is 5.82 Å². The van der Waals surface area contributed by atoms with Gasteiger partial charge in [-0.25, -0.2) is 9.97 Å². The highest BCUT2D eigenvalue weighted by atomic mass is 16.5. The van der Waals surface area contributed by atoms with Gasteiger partial charge in [-0.05, 0) is 26.3 Å². The summed E-state index contributed by atoms with van der Waals surface area (Å²) >= 11 is 0. The molecule has 1 saturated heterocycles. The molecule has 0 bridgehead atoms. The van der Waals surface area contributed by atoms with Gasteiger partial charge in [0.25, 0.3) is 0 Å². The van der Waals surface area contributed by atoms with Crippen LogP contribution in [-0.2, 0) is 0 Å². The highest BCUT2D eigenvalue weighted by Crippen LogP contribution is 2.12. The first kappa shape index (κ1) is 11.1. The normalized spacial score (nSPS) is 19.7. The lowest BCUT2D eigenvalue weighted by atomic mass is 10.2. The van der Waals surface area contributed by atoms with Crippen LogP contribution in [0.1, 0.15) is 19.8 Å². The van der Waals surface area contributed by atoms with E-state index in [0.717, 1.165) is 18.9 Å². The average Bonchev–Trinajstić information content (AvgIpc) is 2.80. The van der Waals surface area contributed by atoms with Crippen LogP contribution in [0.5, 0.6) is 5.88 Å². The van der Waals surface area contributed by atoms with E-state index >= 15 is 0 Å². The van der Waals surface area contributed by atoms with Gasteiger partial charge in [0.15, 0.2) is 0 Å². The highest BCUT2D eigenvalue weighted by Gasteiger charge is 2.13. The summed E-state index contributed by atoms with van der Waals surface area (Å²) in [5.41, 5.74) is 0. The molecule has 0 saturated carbocycles. The summed E-state index contributed by atoms with van der Waals surface area (Å²) in [7, 11) is 0. The Morgan fingerprint density at radius 1 is 1.56 bits per heavy atom. The van der Waals surface area contributed by atoms with E-state index in [1.807, 2.05) is 13.0 Å². The molecule has 2 N–H and O–H groups in total. The third-order valence-corrected chi connectivity index (χ3v) is 2.63. The van der Waals surface area contributed by atoms with E-state index in [9.17, 15) is 0 Å². The Labute approximate surface area is 95.6 Å². The van der Waals surface area contributed by atoms with E-state index < -0.39 is 0 Å². The fraction of sp³-hybridized carbons (Fsp3) is 0.636. The standard InChI is InChI=1S/C11H18N4O/c1-2-16-11-6-10(14-8-15-11)13-7-9-4-3-5-12-9/h6,8-9,12H,2-5,7H2,1H3,(H,13,14,15). The Balaban J connectivity index is 1.85. The predicted molar refractivity (Wildman–Crippen MR) is 62.7 cm³/mol. The second-order valence-corrected chi connectivity index (χ2v) is 3.85. The number of hydrogen-bond acceptors (Lipinski definition) is 5. The van der Waals surface area contributed by atoms with Gasteiger partial charge in [0, 0.05) is 18.7 Å². The van der Waals surface area contributed by atoms with Crippen molar-refractivity contribution in [1.29, 1.82) is 0 Å². The second-order valence-electron chi connectivity index (χ2n) is 3.85. The zero-order valence-electron chi connectivity index (χ0n) is 9.57. The smallest absolute Gasteiger partial charge is 0.218 e. The van der Waals surface area contributed by atoms with E-state index in [2.05, 4.69) is 20.6 Å². The van der Waals surface area contributed by atoms with Crippen LogP contribution in [0.2, 0.25) is 0 Å². The molecule has 0 aliphatic carbocycles. The van der Waals surface area contributed by atoms with Gasteiger partial charge in [-0.1, -0.05) is 0 Å². The van der Waals surface area contributed by atoms with E-state index in [1.54, 1.807) is 0 Å². The van der Waals surface area contributed by atoms with Crippen molar-refractivity contribution in [2.24, 2.45) is 0 Å². The average molecular weight is 222 g/mol. The Bertz CT molecular complexity index is 326. The maximum Gasteiger partial charge on any atom is 0.218 e. The summed E-state index contributed by atoms with van der Waals surface area (Å²) in [4.78, 5) is 8.17. The van der Waals surface area contributed by atoms with Gasteiger partial charge in [0.1, 0.15) is 12.1 Å². The minimum absolute atomic E-state index is 0.561.